The molecule has 41 heavy (non-hydrogen) atoms. The highest BCUT2D eigenvalue weighted by Crippen LogP contribution is 2.49. The Balaban J connectivity index is 1.15. The van der Waals surface area contributed by atoms with Crippen LogP contribution in [0.25, 0.3) is 6.08 Å². The van der Waals surface area contributed by atoms with Crippen LogP contribution in [0.15, 0.2) is 42.0 Å². The van der Waals surface area contributed by atoms with Gasteiger partial charge in [-0.15, -0.1) is 10.2 Å². The Hall–Kier alpha value is -3.47. The zero-order chi connectivity index (χ0) is 28.7. The number of aliphatic carboxylic acids is 1. The Morgan fingerprint density at radius 2 is 1.98 bits per heavy atom. The molecule has 3 aromatic rings. The molecule has 0 radical (unpaired) electrons. The van der Waals surface area contributed by atoms with Crippen LogP contribution < -0.4 is 9.47 Å². The fourth-order valence-corrected chi connectivity index (χ4v) is 5.86. The molecule has 0 amide bonds. The van der Waals surface area contributed by atoms with Gasteiger partial charge < -0.3 is 23.9 Å². The third-order valence-corrected chi connectivity index (χ3v) is 8.38. The number of hydrogen-bond donors (Lipinski definition) is 1. The van der Waals surface area contributed by atoms with Gasteiger partial charge in [0, 0.05) is 29.7 Å². The molecule has 0 spiro atoms. The maximum Gasteiger partial charge on any atom is 0.331 e. The SMILES string of the molecule is C/C(=C\c1nnc(CN2CCC(c3cccc4c3OC(C)(c3ccc(Cl)cc3F)O4)CC2)n1CC1CCO1)C(=O)O. The first-order valence-electron chi connectivity index (χ1n) is 13.8. The van der Waals surface area contributed by atoms with Gasteiger partial charge >= 0.3 is 5.97 Å². The van der Waals surface area contributed by atoms with E-state index in [0.717, 1.165) is 50.3 Å². The molecule has 9 nitrogen and oxygen atoms in total. The lowest BCUT2D eigenvalue weighted by Crippen LogP contribution is -2.35. The molecule has 2 fully saturated rings. The summed E-state index contributed by atoms with van der Waals surface area (Å²) in [5.74, 6) is 0.0926. The van der Waals surface area contributed by atoms with E-state index in [1.54, 1.807) is 32.1 Å². The molecule has 2 aromatic carbocycles. The number of ether oxygens (including phenoxy) is 3. The van der Waals surface area contributed by atoms with E-state index < -0.39 is 17.6 Å². The molecule has 6 rings (SSSR count). The zero-order valence-corrected chi connectivity index (χ0v) is 23.7. The molecule has 3 aliphatic heterocycles. The Kier molecular flexibility index (Phi) is 7.48. The molecule has 0 saturated carbocycles. The number of likely N-dealkylation sites (tertiary alicyclic amines) is 1. The summed E-state index contributed by atoms with van der Waals surface area (Å²) in [6.07, 6.45) is 4.40. The number of benzene rings is 2. The third-order valence-electron chi connectivity index (χ3n) is 8.14. The predicted molar refractivity (Wildman–Crippen MR) is 149 cm³/mol. The average molecular weight is 583 g/mol. The second kappa shape index (κ2) is 11.1. The van der Waals surface area contributed by atoms with Crippen LogP contribution >= 0.6 is 11.6 Å². The fourth-order valence-electron chi connectivity index (χ4n) is 5.70. The number of carboxylic acid groups (broad SMARTS) is 1. The Morgan fingerprint density at radius 1 is 1.20 bits per heavy atom. The number of rotatable bonds is 8. The van der Waals surface area contributed by atoms with E-state index in [2.05, 4.69) is 21.2 Å². The summed E-state index contributed by atoms with van der Waals surface area (Å²) in [5, 5.41) is 18.4. The van der Waals surface area contributed by atoms with Crippen LogP contribution in [0, 0.1) is 5.82 Å². The van der Waals surface area contributed by atoms with E-state index in [-0.39, 0.29) is 17.6 Å². The van der Waals surface area contributed by atoms with Crippen LogP contribution in [-0.2, 0) is 28.4 Å². The van der Waals surface area contributed by atoms with E-state index >= 15 is 0 Å². The minimum atomic E-state index is -1.28. The van der Waals surface area contributed by atoms with E-state index in [4.69, 9.17) is 25.8 Å². The van der Waals surface area contributed by atoms with Crippen molar-refractivity contribution in [1.29, 1.82) is 0 Å². The molecule has 1 aromatic heterocycles. The van der Waals surface area contributed by atoms with Crippen LogP contribution in [0.3, 0.4) is 0 Å². The Bertz CT molecular complexity index is 1500. The summed E-state index contributed by atoms with van der Waals surface area (Å²) in [7, 11) is 0. The van der Waals surface area contributed by atoms with Gasteiger partial charge in [-0.05, 0) is 75.5 Å². The number of piperidine rings is 1. The molecule has 1 N–H and O–H groups in total. The van der Waals surface area contributed by atoms with E-state index in [9.17, 15) is 14.3 Å². The van der Waals surface area contributed by atoms with E-state index in [1.807, 2.05) is 16.7 Å². The van der Waals surface area contributed by atoms with Gasteiger partial charge in [0.25, 0.3) is 5.79 Å². The first kappa shape index (κ1) is 27.7. The van der Waals surface area contributed by atoms with Crippen LogP contribution in [0.4, 0.5) is 4.39 Å². The molecule has 2 unspecified atom stereocenters. The lowest BCUT2D eigenvalue weighted by molar-refractivity contribution is -0.132. The van der Waals surface area contributed by atoms with Crippen molar-refractivity contribution in [2.75, 3.05) is 19.7 Å². The predicted octanol–water partition coefficient (Wildman–Crippen LogP) is 5.37. The monoisotopic (exact) mass is 582 g/mol. The van der Waals surface area contributed by atoms with Crippen molar-refractivity contribution < 1.29 is 28.5 Å². The second-order valence-electron chi connectivity index (χ2n) is 11.0. The van der Waals surface area contributed by atoms with Gasteiger partial charge in [-0.3, -0.25) is 4.90 Å². The Labute approximate surface area is 242 Å². The molecular weight excluding hydrogens is 551 g/mol. The molecule has 4 heterocycles. The van der Waals surface area contributed by atoms with Gasteiger partial charge in [0.15, 0.2) is 17.3 Å². The number of carbonyl (C=O) groups is 1. The molecule has 3 aliphatic rings. The number of carboxylic acids is 1. The van der Waals surface area contributed by atoms with Crippen LogP contribution in [-0.4, -0.2) is 56.5 Å². The normalized spacial score (nSPS) is 23.0. The molecule has 216 valence electrons. The van der Waals surface area contributed by atoms with Crippen molar-refractivity contribution in [3.63, 3.8) is 0 Å². The highest BCUT2D eigenvalue weighted by Gasteiger charge is 2.43. The van der Waals surface area contributed by atoms with Crippen LogP contribution in [0.1, 0.15) is 61.8 Å². The smallest absolute Gasteiger partial charge is 0.331 e. The Morgan fingerprint density at radius 3 is 2.66 bits per heavy atom. The van der Waals surface area contributed by atoms with E-state index in [1.165, 1.54) is 6.07 Å². The van der Waals surface area contributed by atoms with Crippen molar-refractivity contribution in [1.82, 2.24) is 19.7 Å². The quantitative estimate of drug-likeness (QED) is 0.354. The van der Waals surface area contributed by atoms with Crippen molar-refractivity contribution in [3.05, 3.63) is 75.6 Å². The number of aromatic nitrogens is 3. The summed E-state index contributed by atoms with van der Waals surface area (Å²) in [4.78, 5) is 13.7. The first-order valence-corrected chi connectivity index (χ1v) is 14.2. The minimum Gasteiger partial charge on any atom is -0.478 e. The van der Waals surface area contributed by atoms with Gasteiger partial charge in [-0.25, -0.2) is 9.18 Å². The second-order valence-corrected chi connectivity index (χ2v) is 11.4. The number of fused-ring (bicyclic) bond motifs is 1. The van der Waals surface area contributed by atoms with E-state index in [0.29, 0.717) is 41.0 Å². The fraction of sp³-hybridized carbons (Fsp3) is 0.433. The summed E-state index contributed by atoms with van der Waals surface area (Å²) in [6, 6.07) is 10.4. The van der Waals surface area contributed by atoms with Gasteiger partial charge in [0.05, 0.1) is 24.8 Å². The summed E-state index contributed by atoms with van der Waals surface area (Å²) in [6.45, 7) is 6.88. The lowest BCUT2D eigenvalue weighted by Gasteiger charge is -2.33. The number of nitrogens with zero attached hydrogens (tertiary/aromatic N) is 4. The van der Waals surface area contributed by atoms with Gasteiger partial charge in [-0.1, -0.05) is 23.7 Å². The first-order chi connectivity index (χ1) is 19.7. The molecule has 2 saturated heterocycles. The van der Waals surface area contributed by atoms with Crippen LogP contribution in [0.5, 0.6) is 11.5 Å². The highest BCUT2D eigenvalue weighted by molar-refractivity contribution is 6.30. The number of hydrogen-bond acceptors (Lipinski definition) is 7. The molecule has 0 aliphatic carbocycles. The van der Waals surface area contributed by atoms with Gasteiger partial charge in [-0.2, -0.15) is 0 Å². The maximum atomic E-state index is 14.8. The minimum absolute atomic E-state index is 0.0854. The van der Waals surface area contributed by atoms with Gasteiger partial charge in [0.2, 0.25) is 0 Å². The topological polar surface area (TPSA) is 98.9 Å². The largest absolute Gasteiger partial charge is 0.478 e. The van der Waals surface area contributed by atoms with Crippen molar-refractivity contribution in [2.24, 2.45) is 0 Å². The third kappa shape index (κ3) is 5.56. The van der Waals surface area contributed by atoms with Crippen LogP contribution in [0.2, 0.25) is 5.02 Å². The maximum absolute atomic E-state index is 14.8. The summed E-state index contributed by atoms with van der Waals surface area (Å²) >= 11 is 5.96. The number of halogens is 2. The van der Waals surface area contributed by atoms with Gasteiger partial charge in [0.1, 0.15) is 11.6 Å². The lowest BCUT2D eigenvalue weighted by atomic mass is 9.88. The average Bonchev–Trinajstić information content (AvgIpc) is 3.46. The summed E-state index contributed by atoms with van der Waals surface area (Å²) in [5.41, 5.74) is 1.56. The zero-order valence-electron chi connectivity index (χ0n) is 23.0. The molecular formula is C30H32ClFN4O5. The van der Waals surface area contributed by atoms with Crippen molar-refractivity contribution in [3.8, 4) is 11.5 Å². The molecule has 2 atom stereocenters. The standard InChI is InChI=1S/C30H32ClFN4O5/c1-18(29(37)38)14-26-33-34-27(36(26)16-21-10-13-39-21)17-35-11-8-19(9-12-35)22-4-3-5-25-28(22)41-30(2,40-25)23-7-6-20(31)15-24(23)32/h3-7,14-15,19,21H,8-13,16-17H2,1-2H3,(H,37,38)/b18-14+. The molecule has 0 bridgehead atoms. The van der Waals surface area contributed by atoms with Crippen molar-refractivity contribution in [2.45, 2.75) is 64.0 Å². The summed E-state index contributed by atoms with van der Waals surface area (Å²) < 4.78 is 34.9. The number of para-hydroxylation sites is 1. The molecule has 11 heteroatoms. The highest BCUT2D eigenvalue weighted by atomic mass is 35.5. The van der Waals surface area contributed by atoms with Crippen molar-refractivity contribution >= 4 is 23.6 Å².